The summed E-state index contributed by atoms with van der Waals surface area (Å²) in [6.07, 6.45) is 6.73. The van der Waals surface area contributed by atoms with Gasteiger partial charge in [-0.05, 0) is 56.3 Å². The molecule has 2 bridgehead atoms. The van der Waals surface area contributed by atoms with Gasteiger partial charge in [-0.1, -0.05) is 6.42 Å². The Hall–Kier alpha value is -0.0400. The molecule has 3 saturated carbocycles. The van der Waals surface area contributed by atoms with Crippen molar-refractivity contribution in [2.45, 2.75) is 44.6 Å². The maximum absolute atomic E-state index is 10.1. The summed E-state index contributed by atoms with van der Waals surface area (Å²) >= 11 is 0. The molecule has 0 aromatic rings. The Balaban J connectivity index is 1.93. The minimum atomic E-state index is -0.295. The summed E-state index contributed by atoms with van der Waals surface area (Å²) in [5, 5.41) is 10.1. The molecule has 0 saturated heterocycles. The Morgan fingerprint density at radius 3 is 2.83 bits per heavy atom. The van der Waals surface area contributed by atoms with E-state index in [0.717, 1.165) is 24.2 Å². The van der Waals surface area contributed by atoms with E-state index in [0.29, 0.717) is 5.92 Å². The van der Waals surface area contributed by atoms with Gasteiger partial charge in [0.15, 0.2) is 0 Å². The largest absolute Gasteiger partial charge is 0.390 e. The lowest BCUT2D eigenvalue weighted by Gasteiger charge is -2.36. The average Bonchev–Trinajstić information content (AvgIpc) is 2.53. The zero-order valence-electron chi connectivity index (χ0n) is 7.79. The fourth-order valence-corrected chi connectivity index (χ4v) is 4.41. The first-order valence-corrected chi connectivity index (χ1v) is 5.41. The van der Waals surface area contributed by atoms with Crippen LogP contribution in [0.4, 0.5) is 0 Å². The zero-order chi connectivity index (χ0) is 8.34. The second-order valence-corrected chi connectivity index (χ2v) is 5.42. The maximum atomic E-state index is 10.1. The van der Waals surface area contributed by atoms with Crippen molar-refractivity contribution in [3.05, 3.63) is 0 Å². The molecule has 0 aliphatic heterocycles. The molecule has 0 aromatic heterocycles. The van der Waals surface area contributed by atoms with Crippen LogP contribution in [-0.2, 0) is 0 Å². The number of aliphatic hydroxyl groups is 1. The summed E-state index contributed by atoms with van der Waals surface area (Å²) in [4.78, 5) is 0. The average molecular weight is 166 g/mol. The number of fused-ring (bicyclic) bond motifs is 5. The van der Waals surface area contributed by atoms with E-state index in [4.69, 9.17) is 0 Å². The van der Waals surface area contributed by atoms with Crippen molar-refractivity contribution in [2.24, 2.45) is 23.7 Å². The van der Waals surface area contributed by atoms with E-state index in [-0.39, 0.29) is 5.60 Å². The van der Waals surface area contributed by atoms with E-state index in [9.17, 15) is 5.11 Å². The smallest absolute Gasteiger partial charge is 0.0653 e. The van der Waals surface area contributed by atoms with Gasteiger partial charge >= 0.3 is 0 Å². The van der Waals surface area contributed by atoms with Crippen LogP contribution in [0.2, 0.25) is 0 Å². The van der Waals surface area contributed by atoms with Crippen molar-refractivity contribution in [3.63, 3.8) is 0 Å². The standard InChI is InChI=1S/C11H18O/c1-11(12)6-7-5-10(11)9-4-2-3-8(7)9/h7-10,12H,2-6H2,1H3/t7-,8+,9-,10+,11+/m1/s1. The fourth-order valence-electron chi connectivity index (χ4n) is 4.41. The van der Waals surface area contributed by atoms with E-state index in [1.165, 1.54) is 25.7 Å². The highest BCUT2D eigenvalue weighted by molar-refractivity contribution is 5.08. The third kappa shape index (κ3) is 0.736. The Morgan fingerprint density at radius 2 is 2.00 bits per heavy atom. The van der Waals surface area contributed by atoms with E-state index < -0.39 is 0 Å². The molecule has 3 aliphatic carbocycles. The normalized spacial score (nSPS) is 62.5. The Labute approximate surface area is 74.2 Å². The molecular formula is C11H18O. The Morgan fingerprint density at radius 1 is 1.25 bits per heavy atom. The van der Waals surface area contributed by atoms with Gasteiger partial charge in [-0.25, -0.2) is 0 Å². The molecule has 1 nitrogen and oxygen atoms in total. The number of hydrogen-bond donors (Lipinski definition) is 1. The van der Waals surface area contributed by atoms with Crippen molar-refractivity contribution >= 4 is 0 Å². The summed E-state index contributed by atoms with van der Waals surface area (Å²) in [5.41, 5.74) is -0.295. The number of hydrogen-bond acceptors (Lipinski definition) is 1. The third-order valence-electron chi connectivity index (χ3n) is 4.78. The second kappa shape index (κ2) is 2.06. The summed E-state index contributed by atoms with van der Waals surface area (Å²) in [6, 6.07) is 0. The van der Waals surface area contributed by atoms with Crippen LogP contribution in [-0.4, -0.2) is 10.7 Å². The van der Waals surface area contributed by atoms with E-state index in [2.05, 4.69) is 6.92 Å². The highest BCUT2D eigenvalue weighted by Gasteiger charge is 2.58. The lowest BCUT2D eigenvalue weighted by atomic mass is 9.74. The fraction of sp³-hybridized carbons (Fsp3) is 1.00. The molecule has 5 atom stereocenters. The second-order valence-electron chi connectivity index (χ2n) is 5.42. The molecule has 3 aliphatic rings. The highest BCUT2D eigenvalue weighted by Crippen LogP contribution is 2.62. The molecule has 0 spiro atoms. The minimum Gasteiger partial charge on any atom is -0.390 e. The summed E-state index contributed by atoms with van der Waals surface area (Å²) in [5.74, 6) is 3.46. The van der Waals surface area contributed by atoms with Gasteiger partial charge in [0.05, 0.1) is 5.60 Å². The van der Waals surface area contributed by atoms with Crippen LogP contribution >= 0.6 is 0 Å². The molecule has 3 rings (SSSR count). The van der Waals surface area contributed by atoms with Gasteiger partial charge in [-0.2, -0.15) is 0 Å². The lowest BCUT2D eigenvalue weighted by Crippen LogP contribution is -2.38. The monoisotopic (exact) mass is 166 g/mol. The van der Waals surface area contributed by atoms with Gasteiger partial charge in [-0.15, -0.1) is 0 Å². The first kappa shape index (κ1) is 7.37. The predicted octanol–water partition coefficient (Wildman–Crippen LogP) is 2.19. The van der Waals surface area contributed by atoms with Crippen LogP contribution in [0.3, 0.4) is 0 Å². The third-order valence-corrected chi connectivity index (χ3v) is 4.78. The van der Waals surface area contributed by atoms with Gasteiger partial charge in [0.1, 0.15) is 0 Å². The molecule has 1 heteroatoms. The van der Waals surface area contributed by atoms with Crippen LogP contribution in [0.5, 0.6) is 0 Å². The van der Waals surface area contributed by atoms with Crippen LogP contribution in [0, 0.1) is 23.7 Å². The first-order chi connectivity index (χ1) is 5.68. The van der Waals surface area contributed by atoms with Gasteiger partial charge in [0, 0.05) is 0 Å². The maximum Gasteiger partial charge on any atom is 0.0653 e. The van der Waals surface area contributed by atoms with Crippen molar-refractivity contribution in [2.75, 3.05) is 0 Å². The van der Waals surface area contributed by atoms with Crippen molar-refractivity contribution in [3.8, 4) is 0 Å². The SMILES string of the molecule is C[C@]1(O)C[C@H]2C[C@H]1[C@@H]1CCC[C@@H]21. The van der Waals surface area contributed by atoms with Crippen LogP contribution in [0.15, 0.2) is 0 Å². The van der Waals surface area contributed by atoms with E-state index in [1.807, 2.05) is 0 Å². The minimum absolute atomic E-state index is 0.295. The first-order valence-electron chi connectivity index (χ1n) is 5.41. The van der Waals surface area contributed by atoms with Crippen LogP contribution in [0.1, 0.15) is 39.0 Å². The van der Waals surface area contributed by atoms with Gasteiger partial charge in [0.25, 0.3) is 0 Å². The Bertz CT molecular complexity index is 209. The van der Waals surface area contributed by atoms with Crippen LogP contribution in [0.25, 0.3) is 0 Å². The molecular weight excluding hydrogens is 148 g/mol. The molecule has 0 aromatic carbocycles. The van der Waals surface area contributed by atoms with Crippen LogP contribution < -0.4 is 0 Å². The quantitative estimate of drug-likeness (QED) is 0.585. The number of rotatable bonds is 0. The highest BCUT2D eigenvalue weighted by atomic mass is 16.3. The van der Waals surface area contributed by atoms with Crippen molar-refractivity contribution < 1.29 is 5.11 Å². The summed E-state index contributed by atoms with van der Waals surface area (Å²) in [6.45, 7) is 2.06. The summed E-state index contributed by atoms with van der Waals surface area (Å²) < 4.78 is 0. The van der Waals surface area contributed by atoms with E-state index >= 15 is 0 Å². The summed E-state index contributed by atoms with van der Waals surface area (Å²) in [7, 11) is 0. The molecule has 68 valence electrons. The van der Waals surface area contributed by atoms with E-state index in [1.54, 1.807) is 0 Å². The van der Waals surface area contributed by atoms with Crippen molar-refractivity contribution in [1.82, 2.24) is 0 Å². The molecule has 1 N–H and O–H groups in total. The zero-order valence-corrected chi connectivity index (χ0v) is 7.79. The molecule has 0 unspecified atom stereocenters. The molecule has 3 fully saturated rings. The molecule has 0 heterocycles. The lowest BCUT2D eigenvalue weighted by molar-refractivity contribution is -0.0295. The predicted molar refractivity (Wildman–Crippen MR) is 47.7 cm³/mol. The van der Waals surface area contributed by atoms with Gasteiger partial charge in [-0.3, -0.25) is 0 Å². The molecule has 0 amide bonds. The molecule has 0 radical (unpaired) electrons. The van der Waals surface area contributed by atoms with Gasteiger partial charge in [0.2, 0.25) is 0 Å². The molecule has 12 heavy (non-hydrogen) atoms. The topological polar surface area (TPSA) is 20.2 Å². The van der Waals surface area contributed by atoms with Gasteiger partial charge < -0.3 is 5.11 Å². The van der Waals surface area contributed by atoms with Crippen molar-refractivity contribution in [1.29, 1.82) is 0 Å². The Kier molecular flexibility index (Phi) is 1.27.